The molecule has 0 unspecified atom stereocenters. The summed E-state index contributed by atoms with van der Waals surface area (Å²) in [6.07, 6.45) is 0.699. The monoisotopic (exact) mass is 446 g/mol. The molecule has 0 bridgehead atoms. The molecule has 2 amide bonds. The van der Waals surface area contributed by atoms with E-state index < -0.39 is 5.41 Å². The van der Waals surface area contributed by atoms with Crippen molar-refractivity contribution in [1.29, 1.82) is 0 Å². The Hall–Kier alpha value is -3.87. The molecule has 2 aromatic rings. The van der Waals surface area contributed by atoms with Crippen molar-refractivity contribution < 1.29 is 23.9 Å². The van der Waals surface area contributed by atoms with Gasteiger partial charge in [-0.25, -0.2) is 0 Å². The number of carbonyl (C=O) groups excluding carboxylic acids is 3. The number of esters is 1. The van der Waals surface area contributed by atoms with E-state index in [2.05, 4.69) is 10.6 Å². The summed E-state index contributed by atoms with van der Waals surface area (Å²) in [5.74, 6) is -0.275. The van der Waals surface area contributed by atoms with Gasteiger partial charge in [-0.1, -0.05) is 37.3 Å². The highest BCUT2D eigenvalue weighted by Gasteiger charge is 2.40. The molecular weight excluding hydrogens is 420 g/mol. The first-order chi connectivity index (χ1) is 15.8. The molecule has 7 heteroatoms. The lowest BCUT2D eigenvalue weighted by molar-refractivity contribution is -0.154. The van der Waals surface area contributed by atoms with E-state index in [0.717, 1.165) is 5.56 Å². The second-order valence-corrected chi connectivity index (χ2v) is 8.52. The van der Waals surface area contributed by atoms with Gasteiger partial charge in [0.15, 0.2) is 0 Å². The Balaban J connectivity index is 1.46. The van der Waals surface area contributed by atoms with Gasteiger partial charge in [0, 0.05) is 0 Å². The summed E-state index contributed by atoms with van der Waals surface area (Å²) in [5, 5.41) is 5.66. The fraction of sp³-hybridized carbons (Fsp3) is 0.269. The highest BCUT2D eigenvalue weighted by Crippen LogP contribution is 2.37. The molecule has 0 saturated carbocycles. The molecule has 2 aliphatic rings. The third kappa shape index (κ3) is 4.39. The van der Waals surface area contributed by atoms with E-state index in [9.17, 15) is 14.4 Å². The minimum absolute atomic E-state index is 0.159. The summed E-state index contributed by atoms with van der Waals surface area (Å²) in [4.78, 5) is 37.4. The summed E-state index contributed by atoms with van der Waals surface area (Å²) in [6, 6.07) is 16.3. The van der Waals surface area contributed by atoms with Crippen molar-refractivity contribution in [3.8, 4) is 5.75 Å². The SMILES string of the molecule is CCC(C)(C)C(=O)OCCOc1ccc(C2=C3C(=O)NC(c4ccccc4)=C3C(=O)N2)cc1. The van der Waals surface area contributed by atoms with E-state index in [4.69, 9.17) is 9.47 Å². The summed E-state index contributed by atoms with van der Waals surface area (Å²) in [7, 11) is 0. The molecule has 4 rings (SSSR count). The fourth-order valence-corrected chi connectivity index (χ4v) is 3.57. The molecular formula is C26H26N2O5. The second kappa shape index (κ2) is 8.94. The maximum atomic E-state index is 12.7. The number of nitrogens with one attached hydrogen (secondary N) is 2. The summed E-state index contributed by atoms with van der Waals surface area (Å²) < 4.78 is 10.9. The van der Waals surface area contributed by atoms with Gasteiger partial charge in [0.1, 0.15) is 19.0 Å². The van der Waals surface area contributed by atoms with Crippen LogP contribution in [0.15, 0.2) is 65.7 Å². The Bertz CT molecular complexity index is 1160. The third-order valence-corrected chi connectivity index (χ3v) is 5.91. The van der Waals surface area contributed by atoms with Crippen LogP contribution >= 0.6 is 0 Å². The summed E-state index contributed by atoms with van der Waals surface area (Å²) >= 11 is 0. The Morgan fingerprint density at radius 2 is 1.36 bits per heavy atom. The van der Waals surface area contributed by atoms with Gasteiger partial charge in [-0.3, -0.25) is 14.4 Å². The number of ether oxygens (including phenoxy) is 2. The van der Waals surface area contributed by atoms with Crippen molar-refractivity contribution in [2.45, 2.75) is 27.2 Å². The van der Waals surface area contributed by atoms with Crippen LogP contribution in [0.25, 0.3) is 11.4 Å². The standard InChI is InChI=1S/C26H26N2O5/c1-4-26(2,3)25(31)33-15-14-32-18-12-10-17(11-13-18)22-20-19(23(29)28-22)21(27-24(20)30)16-8-6-5-7-9-16/h5-13H,4,14-15H2,1-3H3,(H,27,30)(H,28,29). The average Bonchev–Trinajstić information content (AvgIpc) is 3.35. The molecule has 0 radical (unpaired) electrons. The second-order valence-electron chi connectivity index (χ2n) is 8.52. The van der Waals surface area contributed by atoms with Gasteiger partial charge in [0.2, 0.25) is 0 Å². The number of carbonyl (C=O) groups is 3. The average molecular weight is 447 g/mol. The Labute approximate surface area is 192 Å². The lowest BCUT2D eigenvalue weighted by Gasteiger charge is -2.20. The normalized spacial score (nSPS) is 15.4. The zero-order valence-electron chi connectivity index (χ0n) is 18.9. The van der Waals surface area contributed by atoms with E-state index in [0.29, 0.717) is 40.3 Å². The lowest BCUT2D eigenvalue weighted by atomic mass is 9.91. The predicted molar refractivity (Wildman–Crippen MR) is 124 cm³/mol. The number of benzene rings is 2. The van der Waals surface area contributed by atoms with E-state index in [1.807, 2.05) is 51.1 Å². The van der Waals surface area contributed by atoms with E-state index >= 15 is 0 Å². The predicted octanol–water partition coefficient (Wildman–Crippen LogP) is 3.43. The summed E-state index contributed by atoms with van der Waals surface area (Å²) in [5.41, 5.74) is 2.66. The lowest BCUT2D eigenvalue weighted by Crippen LogP contribution is -2.27. The minimum atomic E-state index is -0.511. The van der Waals surface area contributed by atoms with Crippen molar-refractivity contribution in [2.24, 2.45) is 5.41 Å². The van der Waals surface area contributed by atoms with E-state index in [1.165, 1.54) is 0 Å². The number of hydrogen-bond acceptors (Lipinski definition) is 5. The van der Waals surface area contributed by atoms with Gasteiger partial charge in [0.25, 0.3) is 11.8 Å². The molecule has 2 N–H and O–H groups in total. The molecule has 0 aromatic heterocycles. The maximum Gasteiger partial charge on any atom is 0.311 e. The van der Waals surface area contributed by atoms with Crippen LogP contribution in [0.3, 0.4) is 0 Å². The van der Waals surface area contributed by atoms with Crippen molar-refractivity contribution in [2.75, 3.05) is 13.2 Å². The molecule has 0 fully saturated rings. The van der Waals surface area contributed by atoms with Gasteiger partial charge < -0.3 is 20.1 Å². The molecule has 2 aromatic carbocycles. The minimum Gasteiger partial charge on any atom is -0.490 e. The van der Waals surface area contributed by atoms with Crippen LogP contribution in [-0.2, 0) is 19.1 Å². The Kier molecular flexibility index (Phi) is 6.05. The van der Waals surface area contributed by atoms with Crippen molar-refractivity contribution in [1.82, 2.24) is 10.6 Å². The first-order valence-corrected chi connectivity index (χ1v) is 10.9. The van der Waals surface area contributed by atoms with Crippen LogP contribution in [0.2, 0.25) is 0 Å². The number of fused-ring (bicyclic) bond motifs is 1. The van der Waals surface area contributed by atoms with Gasteiger partial charge in [-0.05, 0) is 55.7 Å². The summed E-state index contributed by atoms with van der Waals surface area (Å²) in [6.45, 7) is 6.02. The quantitative estimate of drug-likeness (QED) is 0.479. The smallest absolute Gasteiger partial charge is 0.311 e. The highest BCUT2D eigenvalue weighted by molar-refractivity contribution is 6.30. The van der Waals surface area contributed by atoms with Gasteiger partial charge in [-0.2, -0.15) is 0 Å². The Morgan fingerprint density at radius 1 is 0.818 bits per heavy atom. The molecule has 170 valence electrons. The van der Waals surface area contributed by atoms with Gasteiger partial charge >= 0.3 is 5.97 Å². The van der Waals surface area contributed by atoms with Gasteiger partial charge in [0.05, 0.1) is 28.0 Å². The van der Waals surface area contributed by atoms with Crippen LogP contribution in [0.5, 0.6) is 5.75 Å². The topological polar surface area (TPSA) is 93.7 Å². The molecule has 0 aliphatic carbocycles. The van der Waals surface area contributed by atoms with Crippen molar-refractivity contribution >= 4 is 29.2 Å². The number of hydrogen-bond donors (Lipinski definition) is 2. The van der Waals surface area contributed by atoms with Crippen LogP contribution in [0, 0.1) is 5.41 Å². The highest BCUT2D eigenvalue weighted by atomic mass is 16.6. The van der Waals surface area contributed by atoms with Crippen LogP contribution < -0.4 is 15.4 Å². The first-order valence-electron chi connectivity index (χ1n) is 10.9. The molecule has 33 heavy (non-hydrogen) atoms. The van der Waals surface area contributed by atoms with Crippen molar-refractivity contribution in [3.63, 3.8) is 0 Å². The number of amides is 2. The van der Waals surface area contributed by atoms with Crippen LogP contribution in [-0.4, -0.2) is 31.0 Å². The Morgan fingerprint density at radius 3 is 1.91 bits per heavy atom. The van der Waals surface area contributed by atoms with Crippen LogP contribution in [0.4, 0.5) is 0 Å². The van der Waals surface area contributed by atoms with E-state index in [1.54, 1.807) is 24.3 Å². The fourth-order valence-electron chi connectivity index (χ4n) is 3.57. The van der Waals surface area contributed by atoms with Crippen LogP contribution in [0.1, 0.15) is 38.3 Å². The molecule has 0 spiro atoms. The maximum absolute atomic E-state index is 12.7. The zero-order chi connectivity index (χ0) is 23.6. The third-order valence-electron chi connectivity index (χ3n) is 5.91. The number of rotatable bonds is 8. The molecule has 2 heterocycles. The zero-order valence-corrected chi connectivity index (χ0v) is 18.9. The van der Waals surface area contributed by atoms with E-state index in [-0.39, 0.29) is 31.0 Å². The van der Waals surface area contributed by atoms with Gasteiger partial charge in [-0.15, -0.1) is 0 Å². The van der Waals surface area contributed by atoms with Crippen molar-refractivity contribution in [3.05, 3.63) is 76.9 Å². The molecule has 2 aliphatic heterocycles. The largest absolute Gasteiger partial charge is 0.490 e. The molecule has 0 atom stereocenters. The molecule has 7 nitrogen and oxygen atoms in total. The first kappa shape index (κ1) is 22.3. The molecule has 0 saturated heterocycles.